The molecule has 1 N–H and O–H groups in total. The molecule has 0 bridgehead atoms. The van der Waals surface area contributed by atoms with Crippen molar-refractivity contribution in [1.82, 2.24) is 0 Å². The van der Waals surface area contributed by atoms with Gasteiger partial charge in [-0.3, -0.25) is 18.9 Å². The van der Waals surface area contributed by atoms with E-state index in [4.69, 9.17) is 9.29 Å². The molecule has 0 fully saturated rings. The van der Waals surface area contributed by atoms with E-state index in [-0.39, 0.29) is 10.6 Å². The van der Waals surface area contributed by atoms with Gasteiger partial charge in [-0.05, 0) is 36.8 Å². The molecule has 2 aromatic carbocycles. The summed E-state index contributed by atoms with van der Waals surface area (Å²) in [6.07, 6.45) is 3.83. The second-order valence-corrected chi connectivity index (χ2v) is 7.44. The Morgan fingerprint density at radius 3 is 2.45 bits per heavy atom. The molecule has 0 spiro atoms. The van der Waals surface area contributed by atoms with E-state index in [9.17, 15) is 18.5 Å². The Kier molecular flexibility index (Phi) is 8.20. The van der Waals surface area contributed by atoms with E-state index in [0.29, 0.717) is 6.61 Å². The van der Waals surface area contributed by atoms with Crippen LogP contribution >= 0.6 is 0 Å². The van der Waals surface area contributed by atoms with E-state index < -0.39 is 10.4 Å². The summed E-state index contributed by atoms with van der Waals surface area (Å²) in [4.78, 5) is 10.5. The van der Waals surface area contributed by atoms with Crippen molar-refractivity contribution in [2.75, 3.05) is 13.7 Å². The van der Waals surface area contributed by atoms with Crippen LogP contribution in [0.2, 0.25) is 0 Å². The summed E-state index contributed by atoms with van der Waals surface area (Å²) in [7, 11) is -1.30. The second kappa shape index (κ2) is 10.6. The van der Waals surface area contributed by atoms with E-state index in [1.807, 2.05) is 62.5 Å². The number of aryl methyl sites for hydroxylation is 1. The minimum atomic E-state index is -4.16. The van der Waals surface area contributed by atoms with Crippen molar-refractivity contribution < 1.29 is 31.4 Å². The maximum Gasteiger partial charge on any atom is 0.397 e. The van der Waals surface area contributed by atoms with Gasteiger partial charge in [-0.15, -0.1) is 0 Å². The SMILES string of the molecule is CCOc1ccc2c(ccc(/C=C/c3cccc([N+](=O)[O-])c3)[n+]2C)c1.COS(=O)(=O)O. The van der Waals surface area contributed by atoms with Gasteiger partial charge in [0.1, 0.15) is 12.8 Å². The standard InChI is InChI=1S/C20H19N2O3.CH4O4S/c1-3-25-19-11-12-20-16(14-19)8-10-17(21(20)2)9-7-15-5-4-6-18(13-15)22(23)24;1-5-6(2,3)4/h4-14H,3H2,1-2H3;1H3,(H,2,3,4)/q+1;/b9-7+;. The highest BCUT2D eigenvalue weighted by Gasteiger charge is 2.10. The number of hydrogen-bond donors (Lipinski definition) is 1. The first-order valence-corrected chi connectivity index (χ1v) is 10.5. The fourth-order valence-electron chi connectivity index (χ4n) is 2.75. The maximum absolute atomic E-state index is 10.9. The van der Waals surface area contributed by atoms with E-state index in [0.717, 1.165) is 35.0 Å². The van der Waals surface area contributed by atoms with Crippen LogP contribution in [0.1, 0.15) is 18.2 Å². The first-order valence-electron chi connectivity index (χ1n) is 9.15. The van der Waals surface area contributed by atoms with Gasteiger partial charge >= 0.3 is 10.4 Å². The van der Waals surface area contributed by atoms with Crippen LogP contribution in [-0.2, 0) is 21.6 Å². The molecule has 1 heterocycles. The molecule has 0 aliphatic rings. The van der Waals surface area contributed by atoms with Crippen LogP contribution in [0, 0.1) is 10.1 Å². The molecule has 0 atom stereocenters. The van der Waals surface area contributed by atoms with E-state index >= 15 is 0 Å². The minimum Gasteiger partial charge on any atom is -0.494 e. The van der Waals surface area contributed by atoms with Crippen LogP contribution in [0.25, 0.3) is 23.1 Å². The number of hydrogen-bond acceptors (Lipinski definition) is 6. The first kappa shape index (κ1) is 23.9. The zero-order chi connectivity index (χ0) is 23.0. The minimum absolute atomic E-state index is 0.0912. The second-order valence-electron chi connectivity index (χ2n) is 6.25. The Bertz CT molecular complexity index is 1210. The van der Waals surface area contributed by atoms with Gasteiger partial charge in [0, 0.05) is 30.3 Å². The third-order valence-corrected chi connectivity index (χ3v) is 4.65. The summed E-state index contributed by atoms with van der Waals surface area (Å²) in [5.41, 5.74) is 2.97. The predicted molar refractivity (Wildman–Crippen MR) is 117 cm³/mol. The maximum atomic E-state index is 10.9. The average molecular weight is 447 g/mol. The Morgan fingerprint density at radius 2 is 1.84 bits per heavy atom. The van der Waals surface area contributed by atoms with Crippen LogP contribution in [0.4, 0.5) is 5.69 Å². The summed E-state index contributed by atoms with van der Waals surface area (Å²) in [5.74, 6) is 0.856. The molecule has 1 aromatic heterocycles. The van der Waals surface area contributed by atoms with Crippen molar-refractivity contribution in [2.24, 2.45) is 7.05 Å². The van der Waals surface area contributed by atoms with Crippen LogP contribution in [0.3, 0.4) is 0 Å². The number of rotatable bonds is 6. The summed E-state index contributed by atoms with van der Waals surface area (Å²) in [6.45, 7) is 2.60. The smallest absolute Gasteiger partial charge is 0.397 e. The number of non-ortho nitro benzene ring substituents is 1. The van der Waals surface area contributed by atoms with E-state index in [1.165, 1.54) is 6.07 Å². The molecule has 164 valence electrons. The number of ether oxygens (including phenoxy) is 1. The van der Waals surface area contributed by atoms with E-state index in [1.54, 1.807) is 12.1 Å². The molecule has 0 unspecified atom stereocenters. The van der Waals surface area contributed by atoms with Crippen LogP contribution in [-0.4, -0.2) is 31.6 Å². The molecule has 3 rings (SSSR count). The molecule has 9 nitrogen and oxygen atoms in total. The molecule has 3 aromatic rings. The summed E-state index contributed by atoms with van der Waals surface area (Å²) in [5, 5.41) is 12.0. The molecular weight excluding hydrogens is 424 g/mol. The number of fused-ring (bicyclic) bond motifs is 1. The van der Waals surface area contributed by atoms with Crippen LogP contribution < -0.4 is 9.30 Å². The highest BCUT2D eigenvalue weighted by Crippen LogP contribution is 2.20. The molecule has 0 amide bonds. The number of nitro benzene ring substituents is 1. The molecule has 0 saturated heterocycles. The summed E-state index contributed by atoms with van der Waals surface area (Å²) >= 11 is 0. The number of nitro groups is 1. The van der Waals surface area contributed by atoms with Gasteiger partial charge in [0.05, 0.1) is 24.0 Å². The van der Waals surface area contributed by atoms with Crippen molar-refractivity contribution in [2.45, 2.75) is 6.92 Å². The first-order chi connectivity index (χ1) is 14.6. The molecule has 0 radical (unpaired) electrons. The number of pyridine rings is 1. The Labute approximate surface area is 180 Å². The van der Waals surface area contributed by atoms with Crippen LogP contribution in [0.15, 0.2) is 54.6 Å². The summed E-state index contributed by atoms with van der Waals surface area (Å²) < 4.78 is 37.3. The molecular formula is C21H23N2O7S+. The monoisotopic (exact) mass is 447 g/mol. The van der Waals surface area contributed by atoms with Gasteiger partial charge in [-0.25, -0.2) is 0 Å². The zero-order valence-electron chi connectivity index (χ0n) is 17.3. The highest BCUT2D eigenvalue weighted by molar-refractivity contribution is 7.80. The number of aromatic nitrogens is 1. The van der Waals surface area contributed by atoms with Crippen molar-refractivity contribution in [3.8, 4) is 5.75 Å². The third-order valence-electron chi connectivity index (χ3n) is 4.23. The summed E-state index contributed by atoms with van der Waals surface area (Å²) in [6, 6.07) is 16.7. The van der Waals surface area contributed by atoms with Crippen molar-refractivity contribution >= 4 is 39.1 Å². The van der Waals surface area contributed by atoms with Gasteiger partial charge in [-0.1, -0.05) is 12.1 Å². The van der Waals surface area contributed by atoms with Crippen LogP contribution in [0.5, 0.6) is 5.75 Å². The van der Waals surface area contributed by atoms with Gasteiger partial charge in [0.25, 0.3) is 5.69 Å². The van der Waals surface area contributed by atoms with Crippen molar-refractivity contribution in [3.05, 3.63) is 76.0 Å². The lowest BCUT2D eigenvalue weighted by Gasteiger charge is -2.04. The Balaban J connectivity index is 0.000000501. The lowest BCUT2D eigenvalue weighted by Crippen LogP contribution is -2.32. The largest absolute Gasteiger partial charge is 0.494 e. The molecule has 0 aliphatic heterocycles. The van der Waals surface area contributed by atoms with Gasteiger partial charge in [-0.2, -0.15) is 13.0 Å². The topological polar surface area (TPSA) is 120 Å². The lowest BCUT2D eigenvalue weighted by atomic mass is 10.1. The predicted octanol–water partition coefficient (Wildman–Crippen LogP) is 3.58. The molecule has 0 saturated carbocycles. The zero-order valence-corrected chi connectivity index (χ0v) is 18.1. The van der Waals surface area contributed by atoms with Gasteiger partial charge < -0.3 is 4.74 Å². The van der Waals surface area contributed by atoms with Gasteiger partial charge in [0.15, 0.2) is 0 Å². The lowest BCUT2D eigenvalue weighted by molar-refractivity contribution is -0.646. The van der Waals surface area contributed by atoms with E-state index in [2.05, 4.69) is 8.75 Å². The number of nitrogens with zero attached hydrogens (tertiary/aromatic N) is 2. The normalized spacial score (nSPS) is 11.2. The van der Waals surface area contributed by atoms with Gasteiger partial charge in [0.2, 0.25) is 11.2 Å². The fraction of sp³-hybridized carbons (Fsp3) is 0.190. The van der Waals surface area contributed by atoms with Crippen molar-refractivity contribution in [1.29, 1.82) is 0 Å². The average Bonchev–Trinajstić information content (AvgIpc) is 2.73. The molecule has 31 heavy (non-hydrogen) atoms. The quantitative estimate of drug-likeness (QED) is 0.265. The Hall–Kier alpha value is -3.34. The Morgan fingerprint density at radius 1 is 1.13 bits per heavy atom. The fourth-order valence-corrected chi connectivity index (χ4v) is 2.75. The number of benzene rings is 2. The van der Waals surface area contributed by atoms with Crippen molar-refractivity contribution in [3.63, 3.8) is 0 Å². The molecule has 10 heteroatoms. The highest BCUT2D eigenvalue weighted by atomic mass is 32.3. The molecule has 0 aliphatic carbocycles. The third kappa shape index (κ3) is 7.14.